The number of fused-ring (bicyclic) bond motifs is 2. The molecule has 0 heterocycles. The molecule has 0 aliphatic heterocycles. The lowest BCUT2D eigenvalue weighted by Crippen LogP contribution is -2.40. The van der Waals surface area contributed by atoms with Gasteiger partial charge in [0.1, 0.15) is 0 Å². The number of carbonyl (C=O) groups is 3. The second-order valence-corrected chi connectivity index (χ2v) is 6.70. The summed E-state index contributed by atoms with van der Waals surface area (Å²) in [6.45, 7) is 0. The van der Waals surface area contributed by atoms with Crippen LogP contribution in [0.1, 0.15) is 30.7 Å². The molecule has 0 N–H and O–H groups in total. The van der Waals surface area contributed by atoms with Gasteiger partial charge in [-0.15, -0.1) is 0 Å². The molecule has 5 atom stereocenters. The zero-order valence-electron chi connectivity index (χ0n) is 13.9. The van der Waals surface area contributed by atoms with E-state index >= 15 is 0 Å². The summed E-state index contributed by atoms with van der Waals surface area (Å²) in [6.07, 6.45) is 2.80. The molecule has 2 saturated carbocycles. The van der Waals surface area contributed by atoms with E-state index in [2.05, 4.69) is 4.74 Å². The third-order valence-corrected chi connectivity index (χ3v) is 5.67. The Kier molecular flexibility index (Phi) is 4.69. The summed E-state index contributed by atoms with van der Waals surface area (Å²) in [5, 5.41) is 0. The maximum atomic E-state index is 12.6. The molecule has 2 bridgehead atoms. The van der Waals surface area contributed by atoms with Crippen LogP contribution in [0.4, 0.5) is 0 Å². The van der Waals surface area contributed by atoms with E-state index in [1.165, 1.54) is 14.2 Å². The van der Waals surface area contributed by atoms with Gasteiger partial charge in [0, 0.05) is 5.92 Å². The fourth-order valence-corrected chi connectivity index (χ4v) is 4.74. The van der Waals surface area contributed by atoms with Gasteiger partial charge in [-0.25, -0.2) is 4.79 Å². The summed E-state index contributed by atoms with van der Waals surface area (Å²) in [6, 6.07) is 9.39. The van der Waals surface area contributed by atoms with Gasteiger partial charge in [-0.3, -0.25) is 9.59 Å². The van der Waals surface area contributed by atoms with Crippen LogP contribution in [0.5, 0.6) is 0 Å². The van der Waals surface area contributed by atoms with Crippen LogP contribution in [-0.2, 0) is 23.9 Å². The predicted octanol–water partition coefficient (Wildman–Crippen LogP) is 2.35. The van der Waals surface area contributed by atoms with Gasteiger partial charge in [-0.05, 0) is 42.6 Å². The van der Waals surface area contributed by atoms with Crippen molar-refractivity contribution in [1.82, 2.24) is 0 Å². The number of benzene rings is 1. The number of hydrogen-bond donors (Lipinski definition) is 0. The fourth-order valence-electron chi connectivity index (χ4n) is 4.74. The molecular weight excluding hydrogens is 308 g/mol. The highest BCUT2D eigenvalue weighted by Crippen LogP contribution is 2.57. The zero-order valence-corrected chi connectivity index (χ0v) is 13.9. The van der Waals surface area contributed by atoms with Crippen LogP contribution in [0, 0.1) is 23.7 Å². The molecule has 5 heteroatoms. The lowest BCUT2D eigenvalue weighted by atomic mass is 9.68. The minimum Gasteiger partial charge on any atom is -0.469 e. The molecule has 0 amide bonds. The van der Waals surface area contributed by atoms with Crippen molar-refractivity contribution in [1.29, 1.82) is 0 Å². The summed E-state index contributed by atoms with van der Waals surface area (Å²) < 4.78 is 9.68. The molecule has 0 radical (unpaired) electrons. The Morgan fingerprint density at radius 2 is 1.67 bits per heavy atom. The normalized spacial score (nSPS) is 29.1. The van der Waals surface area contributed by atoms with Crippen LogP contribution in [0.15, 0.2) is 30.3 Å². The van der Waals surface area contributed by atoms with Gasteiger partial charge in [0.25, 0.3) is 0 Å². The monoisotopic (exact) mass is 330 g/mol. The Morgan fingerprint density at radius 1 is 1.00 bits per heavy atom. The smallest absolute Gasteiger partial charge is 0.374 e. The molecule has 2 fully saturated rings. The van der Waals surface area contributed by atoms with Crippen LogP contribution < -0.4 is 0 Å². The molecule has 5 unspecified atom stereocenters. The van der Waals surface area contributed by atoms with Crippen LogP contribution in [0.25, 0.3) is 0 Å². The van der Waals surface area contributed by atoms with Crippen molar-refractivity contribution in [3.05, 3.63) is 35.9 Å². The van der Waals surface area contributed by atoms with E-state index in [0.29, 0.717) is 0 Å². The molecule has 1 aromatic rings. The molecule has 5 nitrogen and oxygen atoms in total. The average Bonchev–Trinajstić information content (AvgIpc) is 3.23. The van der Waals surface area contributed by atoms with Crippen LogP contribution in [0.3, 0.4) is 0 Å². The minimum absolute atomic E-state index is 0.155. The van der Waals surface area contributed by atoms with Crippen molar-refractivity contribution in [2.75, 3.05) is 14.2 Å². The highest BCUT2D eigenvalue weighted by Gasteiger charge is 2.56. The molecular formula is C19H22O5. The molecule has 0 saturated heterocycles. The van der Waals surface area contributed by atoms with Gasteiger partial charge in [0.2, 0.25) is 5.78 Å². The van der Waals surface area contributed by atoms with E-state index in [0.717, 1.165) is 24.8 Å². The van der Waals surface area contributed by atoms with Crippen molar-refractivity contribution < 1.29 is 23.9 Å². The quantitative estimate of drug-likeness (QED) is 0.612. The number of Topliss-reactive ketones (excluding diaryl/α,β-unsaturated/α-hetero) is 1. The zero-order chi connectivity index (χ0) is 17.3. The van der Waals surface area contributed by atoms with Crippen molar-refractivity contribution in [3.8, 4) is 0 Å². The first-order valence-electron chi connectivity index (χ1n) is 8.33. The first kappa shape index (κ1) is 16.7. The molecule has 3 rings (SSSR count). The maximum absolute atomic E-state index is 12.6. The molecule has 0 spiro atoms. The van der Waals surface area contributed by atoms with Gasteiger partial charge in [-0.2, -0.15) is 0 Å². The fraction of sp³-hybridized carbons (Fsp3) is 0.526. The Bertz CT molecular complexity index is 638. The van der Waals surface area contributed by atoms with E-state index in [1.54, 1.807) is 0 Å². The van der Waals surface area contributed by atoms with Gasteiger partial charge >= 0.3 is 11.9 Å². The summed E-state index contributed by atoms with van der Waals surface area (Å²) in [5.74, 6) is -2.42. The number of carbonyl (C=O) groups excluding carboxylic acids is 3. The third kappa shape index (κ3) is 2.72. The molecule has 128 valence electrons. The van der Waals surface area contributed by atoms with Crippen molar-refractivity contribution in [3.63, 3.8) is 0 Å². The van der Waals surface area contributed by atoms with Gasteiger partial charge in [0.05, 0.1) is 20.1 Å². The summed E-state index contributed by atoms with van der Waals surface area (Å²) in [4.78, 5) is 37.0. The lowest BCUT2D eigenvalue weighted by Gasteiger charge is -2.34. The second kappa shape index (κ2) is 6.75. The van der Waals surface area contributed by atoms with E-state index < -0.39 is 23.6 Å². The second-order valence-electron chi connectivity index (χ2n) is 6.70. The number of methoxy groups -OCH3 is 2. The summed E-state index contributed by atoms with van der Waals surface area (Å²) >= 11 is 0. The van der Waals surface area contributed by atoms with Gasteiger partial charge < -0.3 is 9.47 Å². The predicted molar refractivity (Wildman–Crippen MR) is 86.0 cm³/mol. The first-order chi connectivity index (χ1) is 11.6. The Labute approximate surface area is 141 Å². The largest absolute Gasteiger partial charge is 0.469 e. The number of esters is 2. The SMILES string of the molecule is COC(=O)C(=O)C1C2CCC(C2)C1C(C(=O)OC)c1ccccc1. The summed E-state index contributed by atoms with van der Waals surface area (Å²) in [7, 11) is 2.58. The highest BCUT2D eigenvalue weighted by atomic mass is 16.5. The van der Waals surface area contributed by atoms with E-state index in [-0.39, 0.29) is 23.7 Å². The third-order valence-electron chi connectivity index (χ3n) is 5.67. The van der Waals surface area contributed by atoms with E-state index in [4.69, 9.17) is 4.74 Å². The molecule has 24 heavy (non-hydrogen) atoms. The van der Waals surface area contributed by atoms with Crippen LogP contribution in [-0.4, -0.2) is 31.9 Å². The Morgan fingerprint density at radius 3 is 2.29 bits per heavy atom. The van der Waals surface area contributed by atoms with E-state index in [1.807, 2.05) is 30.3 Å². The first-order valence-corrected chi connectivity index (χ1v) is 8.33. The Balaban J connectivity index is 2.00. The highest BCUT2D eigenvalue weighted by molar-refractivity contribution is 6.34. The summed E-state index contributed by atoms with van der Waals surface area (Å²) in [5.41, 5.74) is 0.838. The molecule has 2 aliphatic carbocycles. The topological polar surface area (TPSA) is 69.7 Å². The minimum atomic E-state index is -0.811. The molecule has 0 aromatic heterocycles. The van der Waals surface area contributed by atoms with E-state index in [9.17, 15) is 14.4 Å². The lowest BCUT2D eigenvalue weighted by molar-refractivity contribution is -0.156. The number of ether oxygens (including phenoxy) is 2. The van der Waals surface area contributed by atoms with Crippen molar-refractivity contribution >= 4 is 17.7 Å². The van der Waals surface area contributed by atoms with Crippen molar-refractivity contribution in [2.45, 2.75) is 25.2 Å². The van der Waals surface area contributed by atoms with Crippen molar-refractivity contribution in [2.24, 2.45) is 23.7 Å². The van der Waals surface area contributed by atoms with Gasteiger partial charge in [-0.1, -0.05) is 30.3 Å². The van der Waals surface area contributed by atoms with Gasteiger partial charge in [0.15, 0.2) is 0 Å². The number of hydrogen-bond acceptors (Lipinski definition) is 5. The number of ketones is 1. The van der Waals surface area contributed by atoms with Crippen LogP contribution >= 0.6 is 0 Å². The van der Waals surface area contributed by atoms with Crippen LogP contribution in [0.2, 0.25) is 0 Å². The molecule has 1 aromatic carbocycles. The average molecular weight is 330 g/mol. The molecule has 2 aliphatic rings. The Hall–Kier alpha value is -2.17. The maximum Gasteiger partial charge on any atom is 0.374 e. The number of rotatable bonds is 5. The standard InChI is InChI=1S/C19H22O5/c1-23-18(21)16(11-6-4-3-5-7-11)14-12-8-9-13(10-12)15(14)17(20)19(22)24-2/h3-7,12-16H,8-10H2,1-2H3.